The zero-order chi connectivity index (χ0) is 22.8. The van der Waals surface area contributed by atoms with E-state index in [1.165, 1.54) is 4.90 Å². The number of amides is 5. The molecular formula is C18H32N6O6. The zero-order valence-electron chi connectivity index (χ0n) is 17.3. The third-order valence-corrected chi connectivity index (χ3v) is 4.89. The molecule has 1 rings (SSSR count). The maximum atomic E-state index is 12.6. The first-order valence-corrected chi connectivity index (χ1v) is 9.93. The number of rotatable bonds is 11. The van der Waals surface area contributed by atoms with E-state index in [1.807, 2.05) is 0 Å². The van der Waals surface area contributed by atoms with Crippen LogP contribution in [0.25, 0.3) is 0 Å². The van der Waals surface area contributed by atoms with Crippen molar-refractivity contribution in [2.24, 2.45) is 17.4 Å². The molecule has 12 heteroatoms. The number of nitrogens with one attached hydrogen (secondary N) is 3. The van der Waals surface area contributed by atoms with Gasteiger partial charge in [0, 0.05) is 13.1 Å². The quantitative estimate of drug-likeness (QED) is 0.206. The maximum absolute atomic E-state index is 12.6. The number of urea groups is 1. The van der Waals surface area contributed by atoms with Crippen LogP contribution in [0.5, 0.6) is 0 Å². The summed E-state index contributed by atoms with van der Waals surface area (Å²) in [4.78, 5) is 60.4. The van der Waals surface area contributed by atoms with Crippen LogP contribution < -0.4 is 27.4 Å². The highest BCUT2D eigenvalue weighted by Crippen LogP contribution is 2.17. The average molecular weight is 428 g/mol. The van der Waals surface area contributed by atoms with Gasteiger partial charge in [0.1, 0.15) is 12.1 Å². The van der Waals surface area contributed by atoms with Gasteiger partial charge in [-0.25, -0.2) is 9.59 Å². The molecule has 0 aliphatic carbocycles. The normalized spacial score (nSPS) is 17.9. The van der Waals surface area contributed by atoms with Crippen LogP contribution in [-0.2, 0) is 19.2 Å². The van der Waals surface area contributed by atoms with Crippen LogP contribution in [0.1, 0.15) is 39.5 Å². The summed E-state index contributed by atoms with van der Waals surface area (Å²) >= 11 is 0. The molecule has 1 aliphatic heterocycles. The van der Waals surface area contributed by atoms with Gasteiger partial charge in [-0.3, -0.25) is 14.4 Å². The molecule has 170 valence electrons. The number of carbonyl (C=O) groups is 5. The molecule has 30 heavy (non-hydrogen) atoms. The fraction of sp³-hybridized carbons (Fsp3) is 0.722. The highest BCUT2D eigenvalue weighted by atomic mass is 16.4. The lowest BCUT2D eigenvalue weighted by atomic mass is 10.0. The molecule has 1 fully saturated rings. The number of hydrogen-bond acceptors (Lipinski definition) is 6. The minimum Gasteiger partial charge on any atom is -0.480 e. The number of aliphatic carboxylic acids is 1. The fourth-order valence-corrected chi connectivity index (χ4v) is 3.07. The number of nitrogens with zero attached hydrogens (tertiary/aromatic N) is 1. The summed E-state index contributed by atoms with van der Waals surface area (Å²) < 4.78 is 0. The van der Waals surface area contributed by atoms with Crippen molar-refractivity contribution in [3.63, 3.8) is 0 Å². The van der Waals surface area contributed by atoms with Crippen molar-refractivity contribution in [3.05, 3.63) is 0 Å². The smallest absolute Gasteiger partial charge is 0.326 e. The summed E-state index contributed by atoms with van der Waals surface area (Å²) in [6.45, 7) is 3.67. The highest BCUT2D eigenvalue weighted by molar-refractivity contribution is 5.92. The van der Waals surface area contributed by atoms with E-state index in [1.54, 1.807) is 13.8 Å². The Morgan fingerprint density at radius 2 is 1.80 bits per heavy atom. The first-order chi connectivity index (χ1) is 14.0. The molecule has 1 saturated heterocycles. The van der Waals surface area contributed by atoms with Gasteiger partial charge in [-0.2, -0.15) is 0 Å². The van der Waals surface area contributed by atoms with Gasteiger partial charge in [-0.1, -0.05) is 13.8 Å². The molecule has 1 heterocycles. The molecule has 3 atom stereocenters. The summed E-state index contributed by atoms with van der Waals surface area (Å²) in [6.07, 6.45) is 1.47. The Hall–Kier alpha value is -2.89. The summed E-state index contributed by atoms with van der Waals surface area (Å²) in [5.41, 5.74) is 10.8. The van der Waals surface area contributed by atoms with Crippen LogP contribution in [0, 0.1) is 5.92 Å². The van der Waals surface area contributed by atoms with Gasteiger partial charge in [0.15, 0.2) is 0 Å². The molecule has 0 unspecified atom stereocenters. The second kappa shape index (κ2) is 12.0. The van der Waals surface area contributed by atoms with Crippen LogP contribution in [-0.4, -0.2) is 77.5 Å². The fourth-order valence-electron chi connectivity index (χ4n) is 3.07. The van der Waals surface area contributed by atoms with E-state index in [0.29, 0.717) is 25.8 Å². The minimum atomic E-state index is -1.08. The van der Waals surface area contributed by atoms with Gasteiger partial charge in [0.2, 0.25) is 17.7 Å². The molecule has 0 saturated carbocycles. The van der Waals surface area contributed by atoms with Crippen LogP contribution in [0.15, 0.2) is 0 Å². The lowest BCUT2D eigenvalue weighted by Gasteiger charge is -2.24. The lowest BCUT2D eigenvalue weighted by molar-refractivity contribution is -0.148. The Kier molecular flexibility index (Phi) is 10.0. The second-order valence-electron chi connectivity index (χ2n) is 7.57. The highest BCUT2D eigenvalue weighted by Gasteiger charge is 2.34. The van der Waals surface area contributed by atoms with Gasteiger partial charge in [0.25, 0.3) is 0 Å². The Labute approximate surface area is 175 Å². The summed E-state index contributed by atoms with van der Waals surface area (Å²) in [6, 6.07) is -3.38. The van der Waals surface area contributed by atoms with Gasteiger partial charge in [0.05, 0.1) is 12.6 Å². The molecule has 8 N–H and O–H groups in total. The van der Waals surface area contributed by atoms with Gasteiger partial charge < -0.3 is 37.4 Å². The van der Waals surface area contributed by atoms with E-state index in [2.05, 4.69) is 16.0 Å². The van der Waals surface area contributed by atoms with Gasteiger partial charge in [-0.05, 0) is 31.6 Å². The Balaban J connectivity index is 2.68. The number of carbonyl (C=O) groups excluding carboxylic acids is 4. The molecule has 1 aliphatic rings. The maximum Gasteiger partial charge on any atom is 0.326 e. The average Bonchev–Trinajstić information content (AvgIpc) is 3.17. The topological polar surface area (TPSA) is 197 Å². The summed E-state index contributed by atoms with van der Waals surface area (Å²) in [7, 11) is 0. The standard InChI is InChI=1S/C18H32N6O6/c1-10(2)14(19)16(27)23-11(5-3-7-21-18(20)30)15(26)22-9-13(25)24-8-4-6-12(24)17(28)29/h10-12,14H,3-9,19H2,1-2H3,(H,22,26)(H,23,27)(H,28,29)(H3,20,21,30)/t11-,12-,14-/m0/s1. The largest absolute Gasteiger partial charge is 0.480 e. The van der Waals surface area contributed by atoms with E-state index in [-0.39, 0.29) is 25.4 Å². The van der Waals surface area contributed by atoms with Crippen molar-refractivity contribution in [3.8, 4) is 0 Å². The molecule has 0 aromatic heterocycles. The van der Waals surface area contributed by atoms with E-state index in [9.17, 15) is 29.1 Å². The van der Waals surface area contributed by atoms with Crippen LogP contribution >= 0.6 is 0 Å². The molecule has 0 spiro atoms. The van der Waals surface area contributed by atoms with Gasteiger partial charge >= 0.3 is 12.0 Å². The van der Waals surface area contributed by atoms with Crippen molar-refractivity contribution in [2.45, 2.75) is 57.7 Å². The van der Waals surface area contributed by atoms with Crippen molar-refractivity contribution in [1.82, 2.24) is 20.9 Å². The van der Waals surface area contributed by atoms with E-state index >= 15 is 0 Å². The van der Waals surface area contributed by atoms with Crippen molar-refractivity contribution < 1.29 is 29.1 Å². The first kappa shape index (κ1) is 25.1. The molecule has 0 radical (unpaired) electrons. The Morgan fingerprint density at radius 3 is 2.37 bits per heavy atom. The van der Waals surface area contributed by atoms with E-state index in [0.717, 1.165) is 0 Å². The first-order valence-electron chi connectivity index (χ1n) is 9.93. The van der Waals surface area contributed by atoms with E-state index in [4.69, 9.17) is 11.5 Å². The van der Waals surface area contributed by atoms with Gasteiger partial charge in [-0.15, -0.1) is 0 Å². The number of hydrogen-bond donors (Lipinski definition) is 6. The monoisotopic (exact) mass is 428 g/mol. The van der Waals surface area contributed by atoms with Crippen molar-refractivity contribution >= 4 is 29.7 Å². The molecule has 5 amide bonds. The number of primary amides is 1. The Morgan fingerprint density at radius 1 is 1.13 bits per heavy atom. The zero-order valence-corrected chi connectivity index (χ0v) is 17.3. The van der Waals surface area contributed by atoms with Crippen LogP contribution in [0.3, 0.4) is 0 Å². The summed E-state index contributed by atoms with van der Waals surface area (Å²) in [5, 5.41) is 16.6. The molecular weight excluding hydrogens is 396 g/mol. The number of nitrogens with two attached hydrogens (primary N) is 2. The van der Waals surface area contributed by atoms with Crippen LogP contribution in [0.4, 0.5) is 4.79 Å². The third kappa shape index (κ3) is 7.85. The third-order valence-electron chi connectivity index (χ3n) is 4.89. The van der Waals surface area contributed by atoms with Crippen molar-refractivity contribution in [1.29, 1.82) is 0 Å². The predicted molar refractivity (Wildman–Crippen MR) is 107 cm³/mol. The second-order valence-corrected chi connectivity index (χ2v) is 7.57. The number of carboxylic acids is 1. The minimum absolute atomic E-state index is 0.144. The SMILES string of the molecule is CC(C)[C@H](N)C(=O)N[C@@H](CCCNC(N)=O)C(=O)NCC(=O)N1CCC[C@H]1C(=O)O. The molecule has 0 aromatic carbocycles. The molecule has 12 nitrogen and oxygen atoms in total. The molecule has 0 bridgehead atoms. The van der Waals surface area contributed by atoms with Crippen molar-refractivity contribution in [2.75, 3.05) is 19.6 Å². The Bertz CT molecular complexity index is 655. The molecule has 0 aromatic rings. The predicted octanol–water partition coefficient (Wildman–Crippen LogP) is -1.91. The number of likely N-dealkylation sites (tertiary alicyclic amines) is 1. The summed E-state index contributed by atoms with van der Waals surface area (Å²) in [5.74, 6) is -2.84. The lowest BCUT2D eigenvalue weighted by Crippen LogP contribution is -2.54. The number of carboxylic acid groups (broad SMARTS) is 1. The van der Waals surface area contributed by atoms with E-state index < -0.39 is 47.8 Å². The van der Waals surface area contributed by atoms with Crippen LogP contribution in [0.2, 0.25) is 0 Å².